The van der Waals surface area contributed by atoms with Gasteiger partial charge in [-0.15, -0.1) is 11.8 Å². The number of pyridine rings is 1. The van der Waals surface area contributed by atoms with Crippen LogP contribution in [0.25, 0.3) is 0 Å². The Hall–Kier alpha value is -2.13. The van der Waals surface area contributed by atoms with Gasteiger partial charge in [0.25, 0.3) is 0 Å². The summed E-state index contributed by atoms with van der Waals surface area (Å²) in [7, 11) is -2.93. The van der Waals surface area contributed by atoms with Gasteiger partial charge in [0.15, 0.2) is 9.84 Å². The lowest BCUT2D eigenvalue weighted by Gasteiger charge is -2.09. The quantitative estimate of drug-likeness (QED) is 0.808. The number of benzene rings is 1. The molecule has 1 saturated heterocycles. The number of hydrogen-bond donors (Lipinski definition) is 1. The minimum atomic E-state index is -2.93. The number of rotatable bonds is 6. The summed E-state index contributed by atoms with van der Waals surface area (Å²) >= 11 is 1.35. The van der Waals surface area contributed by atoms with Crippen molar-refractivity contribution in [2.24, 2.45) is 0 Å². The second-order valence-electron chi connectivity index (χ2n) is 5.83. The minimum absolute atomic E-state index is 0.0182. The van der Waals surface area contributed by atoms with Crippen molar-refractivity contribution in [2.75, 3.05) is 22.6 Å². The molecule has 1 aliphatic heterocycles. The van der Waals surface area contributed by atoms with Crippen LogP contribution in [0, 0.1) is 5.82 Å². The first-order chi connectivity index (χ1) is 12.4. The van der Waals surface area contributed by atoms with Crippen LogP contribution in [0.2, 0.25) is 0 Å². The maximum atomic E-state index is 12.9. The van der Waals surface area contributed by atoms with E-state index in [1.807, 2.05) is 0 Å². The maximum Gasteiger partial charge on any atom is 0.234 e. The number of thioether (sulfide) groups is 1. The summed E-state index contributed by atoms with van der Waals surface area (Å²) in [6, 6.07) is 8.80. The van der Waals surface area contributed by atoms with E-state index in [1.54, 1.807) is 12.1 Å². The monoisotopic (exact) mass is 396 g/mol. The van der Waals surface area contributed by atoms with Crippen LogP contribution in [0.1, 0.15) is 6.42 Å². The van der Waals surface area contributed by atoms with Crippen LogP contribution in [-0.2, 0) is 14.6 Å². The van der Waals surface area contributed by atoms with Gasteiger partial charge in [0.05, 0.1) is 29.1 Å². The zero-order chi connectivity index (χ0) is 18.6. The number of aromatic nitrogens is 1. The number of carbonyl (C=O) groups excluding carboxylic acids is 1. The van der Waals surface area contributed by atoms with Gasteiger partial charge >= 0.3 is 0 Å². The van der Waals surface area contributed by atoms with Gasteiger partial charge in [0.2, 0.25) is 11.8 Å². The Bertz CT molecular complexity index is 871. The molecular weight excluding hydrogens is 379 g/mol. The summed E-state index contributed by atoms with van der Waals surface area (Å²) in [5.41, 5.74) is 0.515. The first-order valence-electron chi connectivity index (χ1n) is 7.91. The summed E-state index contributed by atoms with van der Waals surface area (Å²) in [5.74, 6) is 0.741. The molecule has 1 aromatic carbocycles. The van der Waals surface area contributed by atoms with Gasteiger partial charge in [0, 0.05) is 11.3 Å². The summed E-state index contributed by atoms with van der Waals surface area (Å²) in [6.07, 6.45) is 2.05. The molecule has 1 aromatic heterocycles. The molecule has 0 aliphatic carbocycles. The van der Waals surface area contributed by atoms with E-state index in [9.17, 15) is 17.6 Å². The summed E-state index contributed by atoms with van der Waals surface area (Å²) in [4.78, 5) is 16.1. The van der Waals surface area contributed by atoms with E-state index in [2.05, 4.69) is 10.3 Å². The predicted octanol–water partition coefficient (Wildman–Crippen LogP) is 2.87. The molecule has 26 heavy (non-hydrogen) atoms. The van der Waals surface area contributed by atoms with Crippen LogP contribution in [0.3, 0.4) is 0 Å². The van der Waals surface area contributed by atoms with E-state index < -0.39 is 9.84 Å². The normalized spacial score (nSPS) is 18.4. The molecule has 6 nitrogen and oxygen atoms in total. The Morgan fingerprint density at radius 2 is 2.04 bits per heavy atom. The zero-order valence-electron chi connectivity index (χ0n) is 13.7. The van der Waals surface area contributed by atoms with Gasteiger partial charge < -0.3 is 10.1 Å². The molecule has 1 atom stereocenters. The molecule has 3 rings (SSSR count). The first kappa shape index (κ1) is 18.7. The van der Waals surface area contributed by atoms with Crippen molar-refractivity contribution in [3.63, 3.8) is 0 Å². The van der Waals surface area contributed by atoms with Crippen molar-refractivity contribution in [1.29, 1.82) is 0 Å². The molecule has 1 aliphatic rings. The maximum absolute atomic E-state index is 12.9. The number of sulfone groups is 1. The molecule has 2 heterocycles. The van der Waals surface area contributed by atoms with Crippen molar-refractivity contribution < 1.29 is 22.3 Å². The van der Waals surface area contributed by atoms with Crippen molar-refractivity contribution in [1.82, 2.24) is 4.98 Å². The highest BCUT2D eigenvalue weighted by Gasteiger charge is 2.28. The number of nitrogens with one attached hydrogen (secondary N) is 1. The number of hydrogen-bond acceptors (Lipinski definition) is 6. The second kappa shape index (κ2) is 8.05. The molecule has 1 fully saturated rings. The summed E-state index contributed by atoms with van der Waals surface area (Å²) in [5, 5.41) is 2.69. The minimum Gasteiger partial charge on any atom is -0.439 e. The molecule has 1 amide bonds. The molecule has 0 radical (unpaired) electrons. The van der Waals surface area contributed by atoms with Crippen LogP contribution in [0.4, 0.5) is 10.1 Å². The predicted molar refractivity (Wildman–Crippen MR) is 98.9 cm³/mol. The molecule has 138 valence electrons. The third kappa shape index (κ3) is 5.43. The number of nitrogens with zero attached hydrogens (tertiary/aromatic N) is 1. The Morgan fingerprint density at radius 3 is 2.65 bits per heavy atom. The second-order valence-corrected chi connectivity index (χ2v) is 9.34. The van der Waals surface area contributed by atoms with Gasteiger partial charge in [-0.05, 0) is 36.8 Å². The molecule has 0 saturated carbocycles. The van der Waals surface area contributed by atoms with E-state index in [4.69, 9.17) is 4.74 Å². The Kier molecular flexibility index (Phi) is 5.77. The van der Waals surface area contributed by atoms with Gasteiger partial charge in [-0.25, -0.2) is 17.8 Å². The number of halogens is 1. The van der Waals surface area contributed by atoms with Crippen LogP contribution in [0.5, 0.6) is 11.6 Å². The molecule has 0 bridgehead atoms. The molecule has 9 heteroatoms. The third-order valence-electron chi connectivity index (χ3n) is 3.70. The Labute approximate surface area is 155 Å². The fourth-order valence-corrected chi connectivity index (χ4v) is 5.86. The van der Waals surface area contributed by atoms with Gasteiger partial charge in [-0.2, -0.15) is 0 Å². The van der Waals surface area contributed by atoms with Crippen LogP contribution < -0.4 is 10.1 Å². The number of amides is 1. The highest BCUT2D eigenvalue weighted by molar-refractivity contribution is 8.02. The standard InChI is InChI=1S/C17H17FN2O4S2/c18-12-1-4-14(5-2-12)24-17-6-3-13(9-19-17)20-16(21)10-25-15-7-8-26(22,23)11-15/h1-6,9,15H,7-8,10-11H2,(H,20,21)/t15-/m0/s1. The lowest BCUT2D eigenvalue weighted by Crippen LogP contribution is -2.17. The van der Waals surface area contributed by atoms with Crippen molar-refractivity contribution in [3.05, 3.63) is 48.4 Å². The average Bonchev–Trinajstić information content (AvgIpc) is 2.96. The Balaban J connectivity index is 1.47. The fraction of sp³-hybridized carbons (Fsp3) is 0.294. The highest BCUT2D eigenvalue weighted by Crippen LogP contribution is 2.25. The van der Waals surface area contributed by atoms with Crippen LogP contribution in [-0.4, -0.2) is 41.8 Å². The van der Waals surface area contributed by atoms with Crippen LogP contribution >= 0.6 is 11.8 Å². The number of ether oxygens (including phenoxy) is 1. The van der Waals surface area contributed by atoms with Crippen LogP contribution in [0.15, 0.2) is 42.6 Å². The van der Waals surface area contributed by atoms with E-state index in [1.165, 1.54) is 42.2 Å². The van der Waals surface area contributed by atoms with Gasteiger partial charge in [-0.1, -0.05) is 0 Å². The molecule has 0 spiro atoms. The fourth-order valence-electron chi connectivity index (χ4n) is 2.42. The van der Waals surface area contributed by atoms with Gasteiger partial charge in [0.1, 0.15) is 11.6 Å². The summed E-state index contributed by atoms with van der Waals surface area (Å²) < 4.78 is 41.1. The average molecular weight is 396 g/mol. The topological polar surface area (TPSA) is 85.4 Å². The van der Waals surface area contributed by atoms with Gasteiger partial charge in [-0.3, -0.25) is 4.79 Å². The lowest BCUT2D eigenvalue weighted by molar-refractivity contribution is -0.113. The SMILES string of the molecule is O=C(CS[C@H]1CCS(=O)(=O)C1)Nc1ccc(Oc2ccc(F)cc2)nc1. The lowest BCUT2D eigenvalue weighted by atomic mass is 10.3. The Morgan fingerprint density at radius 1 is 1.27 bits per heavy atom. The van der Waals surface area contributed by atoms with E-state index >= 15 is 0 Å². The van der Waals surface area contributed by atoms with Crippen molar-refractivity contribution in [3.8, 4) is 11.6 Å². The van der Waals surface area contributed by atoms with E-state index in [0.717, 1.165) is 0 Å². The van der Waals surface area contributed by atoms with Crippen molar-refractivity contribution >= 4 is 33.2 Å². The highest BCUT2D eigenvalue weighted by atomic mass is 32.2. The molecular formula is C17H17FN2O4S2. The molecule has 0 unspecified atom stereocenters. The zero-order valence-corrected chi connectivity index (χ0v) is 15.4. The molecule has 2 aromatic rings. The first-order valence-corrected chi connectivity index (χ1v) is 10.8. The van der Waals surface area contributed by atoms with Crippen molar-refractivity contribution in [2.45, 2.75) is 11.7 Å². The summed E-state index contributed by atoms with van der Waals surface area (Å²) in [6.45, 7) is 0. The van der Waals surface area contributed by atoms with E-state index in [-0.39, 0.29) is 34.2 Å². The largest absolute Gasteiger partial charge is 0.439 e. The molecule has 1 N–H and O–H groups in total. The number of anilines is 1. The number of carbonyl (C=O) groups is 1. The third-order valence-corrected chi connectivity index (χ3v) is 6.98. The smallest absolute Gasteiger partial charge is 0.234 e. The van der Waals surface area contributed by atoms with E-state index in [0.29, 0.717) is 23.7 Å².